The number of amides is 1. The van der Waals surface area contributed by atoms with Crippen LogP contribution < -0.4 is 5.73 Å². The summed E-state index contributed by atoms with van der Waals surface area (Å²) in [5.41, 5.74) is 15.1. The molecule has 0 atom stereocenters. The number of hydrogen-bond donors (Lipinski definition) is 1. The van der Waals surface area contributed by atoms with Gasteiger partial charge in [0.25, 0.3) is 5.91 Å². The molecule has 0 unspecified atom stereocenters. The first-order chi connectivity index (χ1) is 16.5. The molecule has 0 saturated heterocycles. The lowest BCUT2D eigenvalue weighted by Gasteiger charge is -2.10. The van der Waals surface area contributed by atoms with Gasteiger partial charge in [-0.05, 0) is 71.5 Å². The van der Waals surface area contributed by atoms with Crippen LogP contribution in [0.15, 0.2) is 85.1 Å². The molecule has 5 nitrogen and oxygen atoms in total. The molecule has 34 heavy (non-hydrogen) atoms. The van der Waals surface area contributed by atoms with Crippen LogP contribution in [0, 0.1) is 6.92 Å². The Bertz CT molecular complexity index is 1580. The summed E-state index contributed by atoms with van der Waals surface area (Å²) in [6.45, 7) is 2.71. The summed E-state index contributed by atoms with van der Waals surface area (Å²) in [5.74, 6) is -0.520. The minimum Gasteiger partial charge on any atom is -0.364 e. The van der Waals surface area contributed by atoms with Crippen molar-refractivity contribution in [3.63, 3.8) is 0 Å². The Morgan fingerprint density at radius 3 is 2.59 bits per heavy atom. The molecule has 0 radical (unpaired) electrons. The van der Waals surface area contributed by atoms with Gasteiger partial charge in [-0.1, -0.05) is 54.6 Å². The molecule has 2 N–H and O–H groups in total. The molecule has 0 fully saturated rings. The molecule has 6 rings (SSSR count). The molecule has 2 heterocycles. The van der Waals surface area contributed by atoms with Crippen molar-refractivity contribution >= 4 is 22.9 Å². The number of nitrogens with two attached hydrogens (primary N) is 1. The average molecular weight is 445 g/mol. The SMILES string of the molecule is Cc1cc(C(N)=O)nn1-c1ccc2c(ccn2Cc2ccc(-c3ccc4c(c3)CC=C4)cc2)c1. The number of aromatic nitrogens is 3. The van der Waals surface area contributed by atoms with E-state index in [-0.39, 0.29) is 5.69 Å². The molecule has 0 aliphatic heterocycles. The largest absolute Gasteiger partial charge is 0.364 e. The highest BCUT2D eigenvalue weighted by Gasteiger charge is 2.12. The number of fused-ring (bicyclic) bond motifs is 2. The lowest BCUT2D eigenvalue weighted by Crippen LogP contribution is -2.12. The molecule has 5 aromatic rings. The lowest BCUT2D eigenvalue weighted by molar-refractivity contribution is 0.0995. The zero-order valence-electron chi connectivity index (χ0n) is 18.9. The highest BCUT2D eigenvalue weighted by molar-refractivity contribution is 5.91. The highest BCUT2D eigenvalue weighted by atomic mass is 16.1. The zero-order chi connectivity index (χ0) is 23.2. The van der Waals surface area contributed by atoms with Crippen LogP contribution in [0.25, 0.3) is 33.8 Å². The summed E-state index contributed by atoms with van der Waals surface area (Å²) in [6.07, 6.45) is 7.55. The van der Waals surface area contributed by atoms with Gasteiger partial charge < -0.3 is 10.3 Å². The fraction of sp³-hybridized carbons (Fsp3) is 0.103. The van der Waals surface area contributed by atoms with Crippen LogP contribution in [-0.4, -0.2) is 20.3 Å². The summed E-state index contributed by atoms with van der Waals surface area (Å²) in [6, 6.07) is 25.6. The second-order valence-electron chi connectivity index (χ2n) is 8.85. The summed E-state index contributed by atoms with van der Waals surface area (Å²) < 4.78 is 4.00. The molecular formula is C29H24N4O. The molecule has 2 aromatic heterocycles. The van der Waals surface area contributed by atoms with Crippen molar-refractivity contribution in [1.82, 2.24) is 14.3 Å². The van der Waals surface area contributed by atoms with Gasteiger partial charge in [0.2, 0.25) is 0 Å². The van der Waals surface area contributed by atoms with Gasteiger partial charge in [-0.3, -0.25) is 4.79 Å². The van der Waals surface area contributed by atoms with Crippen LogP contribution in [0.2, 0.25) is 0 Å². The Morgan fingerprint density at radius 2 is 1.79 bits per heavy atom. The van der Waals surface area contributed by atoms with Crippen molar-refractivity contribution in [2.24, 2.45) is 5.73 Å². The lowest BCUT2D eigenvalue weighted by atomic mass is 9.99. The number of rotatable bonds is 5. The number of allylic oxidation sites excluding steroid dienone is 1. The predicted octanol–water partition coefficient (Wildman–Crippen LogP) is 5.52. The maximum atomic E-state index is 11.5. The number of primary amides is 1. The van der Waals surface area contributed by atoms with Crippen molar-refractivity contribution in [3.05, 3.63) is 113 Å². The van der Waals surface area contributed by atoms with E-state index in [1.54, 1.807) is 10.7 Å². The third-order valence-electron chi connectivity index (χ3n) is 6.56. The van der Waals surface area contributed by atoms with Crippen LogP contribution in [0.3, 0.4) is 0 Å². The van der Waals surface area contributed by atoms with Gasteiger partial charge in [-0.2, -0.15) is 5.10 Å². The molecule has 1 aliphatic carbocycles. The van der Waals surface area contributed by atoms with E-state index >= 15 is 0 Å². The van der Waals surface area contributed by atoms with Crippen molar-refractivity contribution in [1.29, 1.82) is 0 Å². The number of benzene rings is 3. The van der Waals surface area contributed by atoms with Crippen LogP contribution in [0.5, 0.6) is 0 Å². The number of aryl methyl sites for hydroxylation is 1. The highest BCUT2D eigenvalue weighted by Crippen LogP contribution is 2.28. The minimum atomic E-state index is -0.520. The number of carbonyl (C=O) groups excluding carboxylic acids is 1. The predicted molar refractivity (Wildman–Crippen MR) is 136 cm³/mol. The molecule has 0 saturated carbocycles. The van der Waals surface area contributed by atoms with Gasteiger partial charge >= 0.3 is 0 Å². The van der Waals surface area contributed by atoms with Gasteiger partial charge in [0, 0.05) is 29.3 Å². The molecule has 0 spiro atoms. The Balaban J connectivity index is 1.24. The molecule has 166 valence electrons. The van der Waals surface area contributed by atoms with E-state index in [2.05, 4.69) is 88.7 Å². The summed E-state index contributed by atoms with van der Waals surface area (Å²) in [5, 5.41) is 5.47. The van der Waals surface area contributed by atoms with Crippen molar-refractivity contribution < 1.29 is 4.79 Å². The third kappa shape index (κ3) is 3.52. The second kappa shape index (κ2) is 7.89. The van der Waals surface area contributed by atoms with Gasteiger partial charge in [-0.25, -0.2) is 4.68 Å². The first-order valence-corrected chi connectivity index (χ1v) is 11.4. The fourth-order valence-corrected chi connectivity index (χ4v) is 4.75. The van der Waals surface area contributed by atoms with Gasteiger partial charge in [0.15, 0.2) is 5.69 Å². The van der Waals surface area contributed by atoms with Gasteiger partial charge in [-0.15, -0.1) is 0 Å². The molecule has 1 amide bonds. The Labute approximate surface area is 197 Å². The van der Waals surface area contributed by atoms with E-state index < -0.39 is 5.91 Å². The minimum absolute atomic E-state index is 0.273. The monoisotopic (exact) mass is 444 g/mol. The average Bonchev–Trinajstić information content (AvgIpc) is 3.57. The zero-order valence-corrected chi connectivity index (χ0v) is 18.9. The normalized spacial score (nSPS) is 12.4. The number of carbonyl (C=O) groups is 1. The van der Waals surface area contributed by atoms with E-state index in [0.717, 1.165) is 35.2 Å². The van der Waals surface area contributed by atoms with Gasteiger partial charge in [0.05, 0.1) is 5.69 Å². The topological polar surface area (TPSA) is 65.8 Å². The van der Waals surface area contributed by atoms with Crippen molar-refractivity contribution in [2.75, 3.05) is 0 Å². The third-order valence-corrected chi connectivity index (χ3v) is 6.56. The Morgan fingerprint density at radius 1 is 0.971 bits per heavy atom. The quantitative estimate of drug-likeness (QED) is 0.388. The number of hydrogen-bond acceptors (Lipinski definition) is 2. The Kier molecular flexibility index (Phi) is 4.69. The first kappa shape index (κ1) is 20.2. The van der Waals surface area contributed by atoms with Crippen LogP contribution in [-0.2, 0) is 13.0 Å². The molecule has 5 heteroatoms. The maximum absolute atomic E-state index is 11.5. The van der Waals surface area contributed by atoms with E-state index in [0.29, 0.717) is 0 Å². The smallest absolute Gasteiger partial charge is 0.269 e. The molecular weight excluding hydrogens is 420 g/mol. The van der Waals surface area contributed by atoms with Crippen molar-refractivity contribution in [2.45, 2.75) is 19.9 Å². The fourth-order valence-electron chi connectivity index (χ4n) is 4.75. The summed E-state index contributed by atoms with van der Waals surface area (Å²) >= 11 is 0. The standard InChI is InChI=1S/C29H24N4O/c1-19-15-27(29(30)34)31-33(19)26-11-12-28-25(17-26)13-14-32(28)18-20-5-7-22(8-6-20)24-10-9-21-3-2-4-23(21)16-24/h2-3,5-17H,4,18H2,1H3,(H2,30,34). The maximum Gasteiger partial charge on any atom is 0.269 e. The Hall–Kier alpha value is -4.38. The molecule has 0 bridgehead atoms. The van der Waals surface area contributed by atoms with Crippen LogP contribution in [0.4, 0.5) is 0 Å². The molecule has 1 aliphatic rings. The van der Waals surface area contributed by atoms with Gasteiger partial charge in [0.1, 0.15) is 0 Å². The van der Waals surface area contributed by atoms with Crippen molar-refractivity contribution in [3.8, 4) is 16.8 Å². The second-order valence-corrected chi connectivity index (χ2v) is 8.85. The van der Waals surface area contributed by atoms with Crippen LogP contribution >= 0.6 is 0 Å². The number of nitrogens with zero attached hydrogens (tertiary/aromatic N) is 3. The first-order valence-electron chi connectivity index (χ1n) is 11.4. The summed E-state index contributed by atoms with van der Waals surface area (Å²) in [7, 11) is 0. The van der Waals surface area contributed by atoms with E-state index in [4.69, 9.17) is 5.73 Å². The van der Waals surface area contributed by atoms with E-state index in [1.165, 1.54) is 27.8 Å². The van der Waals surface area contributed by atoms with E-state index in [1.807, 2.05) is 13.0 Å². The molecule has 3 aromatic carbocycles. The van der Waals surface area contributed by atoms with Crippen LogP contribution in [0.1, 0.15) is 32.9 Å². The van der Waals surface area contributed by atoms with E-state index in [9.17, 15) is 4.79 Å². The summed E-state index contributed by atoms with van der Waals surface area (Å²) in [4.78, 5) is 11.5.